The number of aliphatic hydroxyl groups is 1. The first-order valence-corrected chi connectivity index (χ1v) is 15.0. The summed E-state index contributed by atoms with van der Waals surface area (Å²) in [4.78, 5) is 26.1. The molecule has 1 unspecified atom stereocenters. The lowest BCUT2D eigenvalue weighted by Crippen LogP contribution is -2.58. The Morgan fingerprint density at radius 2 is 1.84 bits per heavy atom. The minimum atomic E-state index is -4.64. The molecule has 4 heterocycles. The van der Waals surface area contributed by atoms with Gasteiger partial charge >= 0.3 is 6.18 Å². The second-order valence-electron chi connectivity index (χ2n) is 11.7. The van der Waals surface area contributed by atoms with E-state index in [2.05, 4.69) is 19.9 Å². The molecule has 2 aliphatic carbocycles. The molecule has 0 radical (unpaired) electrons. The summed E-state index contributed by atoms with van der Waals surface area (Å²) in [6, 6.07) is 4.45. The summed E-state index contributed by atoms with van der Waals surface area (Å²) >= 11 is 0. The van der Waals surface area contributed by atoms with E-state index in [0.717, 1.165) is 24.7 Å². The van der Waals surface area contributed by atoms with E-state index in [4.69, 9.17) is 9.72 Å². The predicted molar refractivity (Wildman–Crippen MR) is 157 cm³/mol. The zero-order valence-electron chi connectivity index (χ0n) is 25.0. The number of ether oxygens (including phenoxy) is 1. The summed E-state index contributed by atoms with van der Waals surface area (Å²) in [6.07, 6.45) is 1.96. The number of rotatable bonds is 8. The fourth-order valence-electron chi connectivity index (χ4n) is 6.33. The van der Waals surface area contributed by atoms with Crippen LogP contribution in [-0.2, 0) is 19.3 Å². The monoisotopic (exact) mass is 624 g/mol. The van der Waals surface area contributed by atoms with E-state index in [1.54, 1.807) is 19.2 Å². The van der Waals surface area contributed by atoms with Gasteiger partial charge < -0.3 is 24.2 Å². The average molecular weight is 625 g/mol. The molecule has 10 nitrogen and oxygen atoms in total. The Labute approximate surface area is 256 Å². The molecule has 7 rings (SSSR count). The summed E-state index contributed by atoms with van der Waals surface area (Å²) in [7, 11) is 1.54. The molecule has 1 aromatic carbocycles. The first-order chi connectivity index (χ1) is 21.6. The van der Waals surface area contributed by atoms with Gasteiger partial charge in [0.15, 0.2) is 23.6 Å². The molecule has 2 saturated carbocycles. The quantitative estimate of drug-likeness (QED) is 0.252. The van der Waals surface area contributed by atoms with Crippen molar-refractivity contribution in [3.05, 3.63) is 59.7 Å². The number of nitrogens with zero attached hydrogens (tertiary/aromatic N) is 8. The largest absolute Gasteiger partial charge is 0.480 e. The van der Waals surface area contributed by atoms with E-state index in [1.165, 1.54) is 30.1 Å². The van der Waals surface area contributed by atoms with Crippen LogP contribution in [0, 0.1) is 5.82 Å². The maximum Gasteiger partial charge on any atom is 0.434 e. The summed E-state index contributed by atoms with van der Waals surface area (Å²) in [6.45, 7) is 4.53. The van der Waals surface area contributed by atoms with Gasteiger partial charge in [0.05, 0.1) is 30.1 Å². The molecular formula is C31H32F4N8O2. The van der Waals surface area contributed by atoms with Gasteiger partial charge in [-0.05, 0) is 57.2 Å². The number of likely N-dealkylation sites (N-methyl/N-ethyl adjacent to an activating group) is 1. The van der Waals surface area contributed by atoms with Crippen molar-refractivity contribution >= 4 is 11.5 Å². The van der Waals surface area contributed by atoms with Gasteiger partial charge in [-0.2, -0.15) is 13.2 Å². The molecule has 4 aromatic rings. The van der Waals surface area contributed by atoms with E-state index >= 15 is 4.39 Å². The van der Waals surface area contributed by atoms with Crippen molar-refractivity contribution in [1.29, 1.82) is 0 Å². The Kier molecular flexibility index (Phi) is 6.95. The number of alkyl halides is 3. The Bertz CT molecular complexity index is 1770. The Morgan fingerprint density at radius 3 is 2.47 bits per heavy atom. The number of anilines is 2. The molecule has 14 heteroatoms. The van der Waals surface area contributed by atoms with Gasteiger partial charge in [0.2, 0.25) is 5.88 Å². The summed E-state index contributed by atoms with van der Waals surface area (Å²) in [5, 5.41) is 11.5. The van der Waals surface area contributed by atoms with Gasteiger partial charge in [-0.1, -0.05) is 6.07 Å². The minimum absolute atomic E-state index is 0.0261. The van der Waals surface area contributed by atoms with Crippen LogP contribution in [0.5, 0.6) is 5.88 Å². The minimum Gasteiger partial charge on any atom is -0.480 e. The summed E-state index contributed by atoms with van der Waals surface area (Å²) in [5.41, 5.74) is 0.910. The Balaban J connectivity index is 1.30. The second kappa shape index (κ2) is 10.6. The number of halogens is 4. The predicted octanol–water partition coefficient (Wildman–Crippen LogP) is 5.56. The third-order valence-corrected chi connectivity index (χ3v) is 8.98. The molecule has 2 fully saturated rings. The SMILES string of the molecule is CCN1c2cnc(-c3c(OC)ncnc3C3CC3)nc2N(Cc2ccc(-c3nc(C(F)(F)F)cn3CC)c(F)c2)C2(CC2)C1O. The topological polar surface area (TPSA) is 105 Å². The zero-order valence-corrected chi connectivity index (χ0v) is 25.0. The lowest BCUT2D eigenvalue weighted by atomic mass is 10.0. The van der Waals surface area contributed by atoms with Crippen LogP contribution in [0.2, 0.25) is 0 Å². The molecule has 1 aliphatic heterocycles. The molecular weight excluding hydrogens is 592 g/mol. The molecule has 1 atom stereocenters. The van der Waals surface area contributed by atoms with Crippen LogP contribution in [0.25, 0.3) is 22.8 Å². The lowest BCUT2D eigenvalue weighted by Gasteiger charge is -2.47. The zero-order chi connectivity index (χ0) is 31.7. The molecule has 1 spiro atoms. The van der Waals surface area contributed by atoms with Crippen LogP contribution in [0.1, 0.15) is 62.4 Å². The number of hydrogen-bond acceptors (Lipinski definition) is 9. The highest BCUT2D eigenvalue weighted by Crippen LogP contribution is 2.55. The van der Waals surface area contributed by atoms with Crippen molar-refractivity contribution in [2.45, 2.75) is 76.5 Å². The Hall–Kier alpha value is -4.33. The third-order valence-electron chi connectivity index (χ3n) is 8.98. The van der Waals surface area contributed by atoms with E-state index in [-0.39, 0.29) is 30.4 Å². The first kappa shape index (κ1) is 29.4. The fraction of sp³-hybridized carbons (Fsp3) is 0.452. The van der Waals surface area contributed by atoms with E-state index in [1.807, 2.05) is 16.7 Å². The Morgan fingerprint density at radius 1 is 1.07 bits per heavy atom. The molecule has 3 aliphatic rings. The lowest BCUT2D eigenvalue weighted by molar-refractivity contribution is -0.140. The highest BCUT2D eigenvalue weighted by molar-refractivity contribution is 5.76. The highest BCUT2D eigenvalue weighted by Gasteiger charge is 2.59. The number of hydrogen-bond donors (Lipinski definition) is 1. The van der Waals surface area contributed by atoms with Gasteiger partial charge in [0.25, 0.3) is 0 Å². The van der Waals surface area contributed by atoms with Crippen LogP contribution in [0.15, 0.2) is 36.9 Å². The van der Waals surface area contributed by atoms with E-state index < -0.39 is 29.5 Å². The molecule has 0 amide bonds. The summed E-state index contributed by atoms with van der Waals surface area (Å²) in [5.74, 6) is 0.844. The smallest absolute Gasteiger partial charge is 0.434 e. The van der Waals surface area contributed by atoms with Crippen molar-refractivity contribution in [3.8, 4) is 28.7 Å². The molecule has 0 bridgehead atoms. The number of fused-ring (bicyclic) bond motifs is 1. The molecule has 3 aromatic heterocycles. The number of aromatic nitrogens is 6. The molecule has 236 valence electrons. The number of methoxy groups -OCH3 is 1. The number of aliphatic hydroxyl groups excluding tert-OH is 1. The fourth-order valence-corrected chi connectivity index (χ4v) is 6.33. The van der Waals surface area contributed by atoms with Crippen LogP contribution >= 0.6 is 0 Å². The van der Waals surface area contributed by atoms with Crippen LogP contribution < -0.4 is 14.5 Å². The van der Waals surface area contributed by atoms with E-state index in [0.29, 0.717) is 53.7 Å². The molecule has 1 N–H and O–H groups in total. The number of imidazole rings is 1. The molecule has 0 saturated heterocycles. The van der Waals surface area contributed by atoms with Gasteiger partial charge in [0, 0.05) is 31.7 Å². The maximum atomic E-state index is 15.6. The summed E-state index contributed by atoms with van der Waals surface area (Å²) < 4.78 is 62.6. The van der Waals surface area contributed by atoms with Gasteiger partial charge in [0.1, 0.15) is 29.2 Å². The highest BCUT2D eigenvalue weighted by atomic mass is 19.4. The van der Waals surface area contributed by atoms with Gasteiger partial charge in [-0.3, -0.25) is 0 Å². The van der Waals surface area contributed by atoms with Crippen LogP contribution in [-0.4, -0.2) is 60.0 Å². The van der Waals surface area contributed by atoms with Crippen molar-refractivity contribution in [2.75, 3.05) is 23.5 Å². The van der Waals surface area contributed by atoms with Crippen molar-refractivity contribution < 1.29 is 27.4 Å². The van der Waals surface area contributed by atoms with Crippen LogP contribution in [0.4, 0.5) is 29.1 Å². The van der Waals surface area contributed by atoms with Crippen molar-refractivity contribution in [1.82, 2.24) is 29.5 Å². The van der Waals surface area contributed by atoms with Crippen molar-refractivity contribution in [2.24, 2.45) is 0 Å². The average Bonchev–Trinajstić information content (AvgIpc) is 3.96. The van der Waals surface area contributed by atoms with E-state index in [9.17, 15) is 18.3 Å². The normalized spacial score (nSPS) is 18.8. The van der Waals surface area contributed by atoms with Crippen molar-refractivity contribution in [3.63, 3.8) is 0 Å². The third kappa shape index (κ3) is 4.86. The van der Waals surface area contributed by atoms with Crippen LogP contribution in [0.3, 0.4) is 0 Å². The van der Waals surface area contributed by atoms with Gasteiger partial charge in [-0.15, -0.1) is 0 Å². The van der Waals surface area contributed by atoms with Gasteiger partial charge in [-0.25, -0.2) is 29.3 Å². The second-order valence-corrected chi connectivity index (χ2v) is 11.7. The number of benzene rings is 1. The standard InChI is InChI=1S/C31H32F4N8O2/c1-4-41-15-22(31(33,34)35)39-26(41)19-9-6-17(12-20(19)32)14-43-27-21(42(5-2)29(44)30(43)10-11-30)13-36-25(40-27)23-24(18-7-8-18)37-16-38-28(23)45-3/h6,9,12-13,15-16,18,29,44H,4-5,7-8,10-11,14H2,1-3H3. The molecule has 45 heavy (non-hydrogen) atoms. The number of aryl methyl sites for hydroxylation is 1. The first-order valence-electron chi connectivity index (χ1n) is 15.0. The maximum absolute atomic E-state index is 15.6.